The van der Waals surface area contributed by atoms with Crippen molar-refractivity contribution in [1.29, 1.82) is 0 Å². The standard InChI is InChI=1S/C24H22N2O5/c1-30-23(28)20-10-6-7-15-26(22(20)24(29)31-2)19-13-11-18(12-14-19)25-21(27)16-17-8-4-3-5-9-17/h3-15H,16H2,1-2H3,(H,25,27). The number of nitrogens with zero attached hydrogens (tertiary/aromatic N) is 1. The molecule has 7 heteroatoms. The second-order valence-electron chi connectivity index (χ2n) is 6.57. The van der Waals surface area contributed by atoms with Crippen molar-refractivity contribution < 1.29 is 23.9 Å². The molecule has 0 saturated carbocycles. The number of benzene rings is 2. The molecule has 7 nitrogen and oxygen atoms in total. The maximum atomic E-state index is 12.5. The van der Waals surface area contributed by atoms with Crippen LogP contribution >= 0.6 is 0 Å². The lowest BCUT2D eigenvalue weighted by Crippen LogP contribution is -2.27. The third-order valence-electron chi connectivity index (χ3n) is 4.53. The quantitative estimate of drug-likeness (QED) is 0.724. The fourth-order valence-corrected chi connectivity index (χ4v) is 3.06. The SMILES string of the molecule is COC(=O)C1=C(C(=O)OC)N(c2ccc(NC(=O)Cc3ccccc3)cc2)C=CC=C1. The number of hydrogen-bond donors (Lipinski definition) is 1. The van der Waals surface area contributed by atoms with Gasteiger partial charge in [0.05, 0.1) is 26.2 Å². The number of esters is 2. The van der Waals surface area contributed by atoms with E-state index in [1.54, 1.807) is 42.6 Å². The summed E-state index contributed by atoms with van der Waals surface area (Å²) in [4.78, 5) is 38.5. The van der Waals surface area contributed by atoms with E-state index in [9.17, 15) is 14.4 Å². The number of amides is 1. The Morgan fingerprint density at radius 2 is 1.55 bits per heavy atom. The number of ether oxygens (including phenoxy) is 2. The highest BCUT2D eigenvalue weighted by atomic mass is 16.5. The predicted octanol–water partition coefficient (Wildman–Crippen LogP) is 3.36. The Morgan fingerprint density at radius 1 is 0.871 bits per heavy atom. The Bertz CT molecular complexity index is 1050. The Morgan fingerprint density at radius 3 is 2.19 bits per heavy atom. The minimum Gasteiger partial charge on any atom is -0.465 e. The smallest absolute Gasteiger partial charge is 0.355 e. The molecule has 0 aliphatic carbocycles. The zero-order chi connectivity index (χ0) is 22.2. The first kappa shape index (κ1) is 21.6. The maximum Gasteiger partial charge on any atom is 0.355 e. The van der Waals surface area contributed by atoms with Crippen molar-refractivity contribution in [2.45, 2.75) is 6.42 Å². The van der Waals surface area contributed by atoms with Gasteiger partial charge in [-0.15, -0.1) is 0 Å². The van der Waals surface area contributed by atoms with Gasteiger partial charge in [-0.05, 0) is 42.0 Å². The number of methoxy groups -OCH3 is 2. The van der Waals surface area contributed by atoms with Gasteiger partial charge in [0.15, 0.2) is 0 Å². The number of carbonyl (C=O) groups is 3. The number of hydrogen-bond acceptors (Lipinski definition) is 6. The third kappa shape index (κ3) is 5.27. The van der Waals surface area contributed by atoms with E-state index in [1.165, 1.54) is 25.2 Å². The van der Waals surface area contributed by atoms with Crippen LogP contribution in [0.25, 0.3) is 0 Å². The lowest BCUT2D eigenvalue weighted by atomic mass is 10.1. The molecule has 1 N–H and O–H groups in total. The first-order valence-corrected chi connectivity index (χ1v) is 9.52. The van der Waals surface area contributed by atoms with Crippen molar-refractivity contribution in [1.82, 2.24) is 0 Å². The summed E-state index contributed by atoms with van der Waals surface area (Å²) in [6.45, 7) is 0. The molecule has 1 heterocycles. The number of nitrogens with one attached hydrogen (secondary N) is 1. The largest absolute Gasteiger partial charge is 0.465 e. The highest BCUT2D eigenvalue weighted by Gasteiger charge is 2.27. The van der Waals surface area contributed by atoms with Gasteiger partial charge in [0.1, 0.15) is 5.70 Å². The van der Waals surface area contributed by atoms with E-state index in [2.05, 4.69) is 5.32 Å². The summed E-state index contributed by atoms with van der Waals surface area (Å²) in [5.74, 6) is -1.48. The molecular formula is C24H22N2O5. The average molecular weight is 418 g/mol. The molecule has 0 radical (unpaired) electrons. The molecule has 3 rings (SSSR count). The van der Waals surface area contributed by atoms with Crippen molar-refractivity contribution in [3.8, 4) is 0 Å². The van der Waals surface area contributed by atoms with Gasteiger partial charge in [0.2, 0.25) is 5.91 Å². The number of allylic oxidation sites excluding steroid dienone is 2. The molecule has 31 heavy (non-hydrogen) atoms. The van der Waals surface area contributed by atoms with Crippen molar-refractivity contribution in [2.24, 2.45) is 0 Å². The van der Waals surface area contributed by atoms with Crippen molar-refractivity contribution >= 4 is 29.2 Å². The first-order chi connectivity index (χ1) is 15.0. The van der Waals surface area contributed by atoms with Crippen LogP contribution in [0.2, 0.25) is 0 Å². The zero-order valence-electron chi connectivity index (χ0n) is 17.2. The van der Waals surface area contributed by atoms with Gasteiger partial charge in [0.25, 0.3) is 0 Å². The van der Waals surface area contributed by atoms with Gasteiger partial charge in [-0.1, -0.05) is 36.4 Å². The summed E-state index contributed by atoms with van der Waals surface area (Å²) in [5, 5.41) is 2.85. The molecule has 2 aromatic rings. The third-order valence-corrected chi connectivity index (χ3v) is 4.53. The van der Waals surface area contributed by atoms with Gasteiger partial charge in [0, 0.05) is 17.6 Å². The molecule has 0 saturated heterocycles. The van der Waals surface area contributed by atoms with E-state index in [-0.39, 0.29) is 23.6 Å². The second kappa shape index (κ2) is 10.1. The van der Waals surface area contributed by atoms with Crippen molar-refractivity contribution in [3.05, 3.63) is 95.9 Å². The molecule has 0 unspecified atom stereocenters. The summed E-state index contributed by atoms with van der Waals surface area (Å²) in [6, 6.07) is 16.3. The van der Waals surface area contributed by atoms with Gasteiger partial charge in [-0.25, -0.2) is 9.59 Å². The summed E-state index contributed by atoms with van der Waals surface area (Å²) < 4.78 is 9.69. The Balaban J connectivity index is 1.83. The molecule has 0 spiro atoms. The van der Waals surface area contributed by atoms with Crippen molar-refractivity contribution in [2.75, 3.05) is 24.4 Å². The molecule has 0 atom stereocenters. The predicted molar refractivity (Wildman–Crippen MR) is 117 cm³/mol. The second-order valence-corrected chi connectivity index (χ2v) is 6.57. The van der Waals surface area contributed by atoms with Crippen LogP contribution in [-0.2, 0) is 30.3 Å². The monoisotopic (exact) mass is 418 g/mol. The van der Waals surface area contributed by atoms with Crippen LogP contribution in [0.3, 0.4) is 0 Å². The van der Waals surface area contributed by atoms with Crippen LogP contribution in [0.1, 0.15) is 5.56 Å². The minimum atomic E-state index is -0.683. The minimum absolute atomic E-state index is 0.0280. The van der Waals surface area contributed by atoms with Crippen LogP contribution in [0.4, 0.5) is 11.4 Å². The summed E-state index contributed by atoms with van der Waals surface area (Å²) >= 11 is 0. The van der Waals surface area contributed by atoms with Crippen LogP contribution in [0.5, 0.6) is 0 Å². The van der Waals surface area contributed by atoms with Crippen LogP contribution in [0.15, 0.2) is 90.3 Å². The summed E-state index contributed by atoms with van der Waals surface area (Å²) in [6.07, 6.45) is 6.72. The molecule has 1 amide bonds. The lowest BCUT2D eigenvalue weighted by Gasteiger charge is -2.23. The number of anilines is 2. The molecule has 0 bridgehead atoms. The Kier molecular flexibility index (Phi) is 7.01. The molecule has 158 valence electrons. The van der Waals surface area contributed by atoms with Gasteiger partial charge in [-0.2, -0.15) is 0 Å². The highest BCUT2D eigenvalue weighted by Crippen LogP contribution is 2.27. The Hall–Kier alpha value is -4.13. The molecule has 0 aromatic heterocycles. The molecule has 1 aliphatic rings. The van der Waals surface area contributed by atoms with E-state index in [0.717, 1.165) is 5.56 Å². The van der Waals surface area contributed by atoms with Gasteiger partial charge >= 0.3 is 11.9 Å². The fraction of sp³-hybridized carbons (Fsp3) is 0.125. The Labute approximate surface area is 180 Å². The van der Waals surface area contributed by atoms with Crippen LogP contribution in [0, 0.1) is 0 Å². The number of carbonyl (C=O) groups excluding carboxylic acids is 3. The topological polar surface area (TPSA) is 84.9 Å². The summed E-state index contributed by atoms with van der Waals surface area (Å²) in [7, 11) is 2.49. The van der Waals surface area contributed by atoms with E-state index < -0.39 is 11.9 Å². The molecule has 0 fully saturated rings. The van der Waals surface area contributed by atoms with Crippen LogP contribution < -0.4 is 10.2 Å². The highest BCUT2D eigenvalue weighted by molar-refractivity contribution is 6.05. The average Bonchev–Trinajstić information content (AvgIpc) is 3.02. The molecule has 2 aromatic carbocycles. The van der Waals surface area contributed by atoms with E-state index >= 15 is 0 Å². The van der Waals surface area contributed by atoms with Gasteiger partial charge < -0.3 is 19.7 Å². The lowest BCUT2D eigenvalue weighted by molar-refractivity contribution is -0.139. The van der Waals surface area contributed by atoms with E-state index in [4.69, 9.17) is 9.47 Å². The zero-order valence-corrected chi connectivity index (χ0v) is 17.2. The van der Waals surface area contributed by atoms with E-state index in [0.29, 0.717) is 11.4 Å². The molecule has 1 aliphatic heterocycles. The molecular weight excluding hydrogens is 396 g/mol. The fourth-order valence-electron chi connectivity index (χ4n) is 3.06. The normalized spacial score (nSPS) is 12.9. The maximum absolute atomic E-state index is 12.5. The summed E-state index contributed by atoms with van der Waals surface area (Å²) in [5.41, 5.74) is 2.23. The number of rotatable bonds is 6. The first-order valence-electron chi connectivity index (χ1n) is 9.52. The van der Waals surface area contributed by atoms with Crippen molar-refractivity contribution in [3.63, 3.8) is 0 Å². The van der Waals surface area contributed by atoms with E-state index in [1.807, 2.05) is 30.3 Å². The van der Waals surface area contributed by atoms with Crippen LogP contribution in [-0.4, -0.2) is 32.1 Å². The van der Waals surface area contributed by atoms with Gasteiger partial charge in [-0.3, -0.25) is 4.79 Å².